The number of aromatic amines is 1. The number of nitriles is 1. The third-order valence-electron chi connectivity index (χ3n) is 3.97. The van der Waals surface area contributed by atoms with Crippen LogP contribution >= 0.6 is 0 Å². The number of H-pyrrole nitrogens is 1. The number of nitrogens with two attached hydrogens (primary N) is 1. The lowest BCUT2D eigenvalue weighted by Gasteiger charge is -2.21. The summed E-state index contributed by atoms with van der Waals surface area (Å²) in [6, 6.07) is 8.19. The van der Waals surface area contributed by atoms with Gasteiger partial charge in [0, 0.05) is 18.0 Å². The number of ether oxygens (including phenoxy) is 1. The average Bonchev–Trinajstić information content (AvgIpc) is 3.28. The zero-order valence-corrected chi connectivity index (χ0v) is 13.0. The number of nitrogens with one attached hydrogen (secondary N) is 1. The van der Waals surface area contributed by atoms with E-state index in [1.54, 1.807) is 24.5 Å². The third kappa shape index (κ3) is 2.27. The molecule has 1 aliphatic rings. The van der Waals surface area contributed by atoms with Gasteiger partial charge < -0.3 is 14.9 Å². The van der Waals surface area contributed by atoms with Crippen molar-refractivity contribution in [1.82, 2.24) is 15.2 Å². The molecule has 10 heteroatoms. The average molecular weight is 350 g/mol. The quantitative estimate of drug-likeness (QED) is 0.537. The lowest BCUT2D eigenvalue weighted by molar-refractivity contribution is -0.402. The number of nitrogens with zero attached hydrogens (tertiary/aromatic N) is 4. The topological polar surface area (TPSA) is 157 Å². The summed E-state index contributed by atoms with van der Waals surface area (Å²) in [4.78, 5) is 14.4. The number of hydrogen-bond acceptors (Lipinski definition) is 8. The minimum atomic E-state index is -0.800. The highest BCUT2D eigenvalue weighted by molar-refractivity contribution is 5.69. The van der Waals surface area contributed by atoms with Crippen LogP contribution in [0.5, 0.6) is 5.88 Å². The van der Waals surface area contributed by atoms with E-state index in [1.165, 1.54) is 12.1 Å². The van der Waals surface area contributed by atoms with Crippen LogP contribution in [0, 0.1) is 21.4 Å². The summed E-state index contributed by atoms with van der Waals surface area (Å²) in [6.07, 6.45) is 3.23. The highest BCUT2D eigenvalue weighted by atomic mass is 16.6. The molecule has 0 saturated heterocycles. The van der Waals surface area contributed by atoms with Gasteiger partial charge >= 0.3 is 5.88 Å². The molecule has 3 aromatic rings. The first kappa shape index (κ1) is 15.4. The summed E-state index contributed by atoms with van der Waals surface area (Å²) < 4.78 is 10.8. The molecule has 4 heterocycles. The number of furan rings is 1. The number of nitro groups is 1. The Labute approximate surface area is 145 Å². The van der Waals surface area contributed by atoms with Gasteiger partial charge in [0.05, 0.1) is 23.2 Å². The predicted octanol–water partition coefficient (Wildman–Crippen LogP) is 2.19. The second-order valence-electron chi connectivity index (χ2n) is 5.42. The van der Waals surface area contributed by atoms with Crippen LogP contribution in [-0.2, 0) is 0 Å². The predicted molar refractivity (Wildman–Crippen MR) is 86.5 cm³/mol. The van der Waals surface area contributed by atoms with Crippen molar-refractivity contribution in [2.45, 2.75) is 5.92 Å². The van der Waals surface area contributed by atoms with Crippen LogP contribution < -0.4 is 10.5 Å². The fourth-order valence-corrected chi connectivity index (χ4v) is 2.86. The van der Waals surface area contributed by atoms with Gasteiger partial charge in [0.15, 0.2) is 0 Å². The van der Waals surface area contributed by atoms with E-state index in [-0.39, 0.29) is 23.1 Å². The second kappa shape index (κ2) is 5.75. The van der Waals surface area contributed by atoms with Gasteiger partial charge in [-0.2, -0.15) is 5.26 Å². The van der Waals surface area contributed by atoms with E-state index in [1.807, 2.05) is 6.07 Å². The van der Waals surface area contributed by atoms with Gasteiger partial charge in [-0.15, -0.1) is 5.10 Å². The van der Waals surface area contributed by atoms with Crippen molar-refractivity contribution >= 4 is 5.88 Å². The number of aromatic nitrogens is 3. The van der Waals surface area contributed by atoms with Crippen molar-refractivity contribution in [3.8, 4) is 23.2 Å². The molecule has 0 fully saturated rings. The first-order chi connectivity index (χ1) is 12.6. The molecular formula is C16H10N6O4. The molecule has 0 amide bonds. The summed E-state index contributed by atoms with van der Waals surface area (Å²) in [5.74, 6) is -1.01. The van der Waals surface area contributed by atoms with Gasteiger partial charge in [0.25, 0.3) is 0 Å². The van der Waals surface area contributed by atoms with Crippen LogP contribution in [0.2, 0.25) is 0 Å². The highest BCUT2D eigenvalue weighted by Crippen LogP contribution is 2.46. The maximum atomic E-state index is 11.0. The molecule has 4 rings (SSSR count). The van der Waals surface area contributed by atoms with Crippen LogP contribution in [0.1, 0.15) is 17.2 Å². The minimum Gasteiger partial charge on any atom is -0.420 e. The molecule has 26 heavy (non-hydrogen) atoms. The Balaban J connectivity index is 1.93. The molecule has 3 aromatic heterocycles. The van der Waals surface area contributed by atoms with Crippen molar-refractivity contribution in [3.05, 3.63) is 69.6 Å². The largest absolute Gasteiger partial charge is 0.433 e. The lowest BCUT2D eigenvalue weighted by Crippen LogP contribution is -2.20. The maximum absolute atomic E-state index is 11.0. The first-order valence-corrected chi connectivity index (χ1v) is 7.40. The molecule has 0 unspecified atom stereocenters. The van der Waals surface area contributed by atoms with Gasteiger partial charge in [0.1, 0.15) is 22.3 Å². The van der Waals surface area contributed by atoms with Crippen molar-refractivity contribution in [1.29, 1.82) is 5.26 Å². The smallest absolute Gasteiger partial charge is 0.420 e. The van der Waals surface area contributed by atoms with Crippen LogP contribution in [0.4, 0.5) is 5.88 Å². The second-order valence-corrected chi connectivity index (χ2v) is 5.42. The summed E-state index contributed by atoms with van der Waals surface area (Å²) in [7, 11) is 0. The fraction of sp³-hybridized carbons (Fsp3) is 0.0625. The van der Waals surface area contributed by atoms with Crippen molar-refractivity contribution in [2.75, 3.05) is 0 Å². The van der Waals surface area contributed by atoms with Gasteiger partial charge in [0.2, 0.25) is 11.8 Å². The molecule has 0 aliphatic carbocycles. The SMILES string of the molecule is N#CC1=C(N)Oc2n[nH]c(-c3cccnc3)c2[C@@H]1c1ccc([N+](=O)[O-])o1. The normalized spacial score (nSPS) is 15.9. The summed E-state index contributed by atoms with van der Waals surface area (Å²) >= 11 is 0. The summed E-state index contributed by atoms with van der Waals surface area (Å²) in [5.41, 5.74) is 7.67. The molecule has 0 spiro atoms. The molecule has 0 radical (unpaired) electrons. The van der Waals surface area contributed by atoms with Crippen LogP contribution in [0.15, 0.2) is 52.5 Å². The summed E-state index contributed by atoms with van der Waals surface area (Å²) in [5, 5.41) is 27.4. The Bertz CT molecular complexity index is 1080. The zero-order chi connectivity index (χ0) is 18.3. The zero-order valence-electron chi connectivity index (χ0n) is 13.0. The Kier molecular flexibility index (Phi) is 3.40. The standard InChI is InChI=1S/C16H10N6O4/c17-6-9-12(10-3-4-11(25-10)22(23)24)13-14(8-2-1-5-19-7-8)20-21-16(13)26-15(9)18/h1-5,7,12H,18H2,(H,20,21)/t12-/m0/s1. The van der Waals surface area contributed by atoms with Crippen molar-refractivity contribution in [2.24, 2.45) is 5.73 Å². The number of allylic oxidation sites excluding steroid dienone is 1. The molecule has 1 aliphatic heterocycles. The highest BCUT2D eigenvalue weighted by Gasteiger charge is 2.38. The van der Waals surface area contributed by atoms with Crippen LogP contribution in [0.25, 0.3) is 11.3 Å². The molecule has 0 saturated carbocycles. The van der Waals surface area contributed by atoms with Gasteiger partial charge in [-0.1, -0.05) is 0 Å². The number of hydrogen-bond donors (Lipinski definition) is 2. The molecule has 10 nitrogen and oxygen atoms in total. The van der Waals surface area contributed by atoms with E-state index in [4.69, 9.17) is 14.9 Å². The molecule has 3 N–H and O–H groups in total. The third-order valence-corrected chi connectivity index (χ3v) is 3.97. The van der Waals surface area contributed by atoms with E-state index in [0.717, 1.165) is 0 Å². The Hall–Kier alpha value is -4.13. The van der Waals surface area contributed by atoms with E-state index in [9.17, 15) is 15.4 Å². The van der Waals surface area contributed by atoms with E-state index < -0.39 is 16.7 Å². The Morgan fingerprint density at radius 3 is 2.88 bits per heavy atom. The lowest BCUT2D eigenvalue weighted by atomic mass is 9.87. The fourth-order valence-electron chi connectivity index (χ4n) is 2.86. The number of fused-ring (bicyclic) bond motifs is 1. The molecule has 0 aromatic carbocycles. The van der Waals surface area contributed by atoms with E-state index in [2.05, 4.69) is 15.2 Å². The summed E-state index contributed by atoms with van der Waals surface area (Å²) in [6.45, 7) is 0. The number of rotatable bonds is 3. The van der Waals surface area contributed by atoms with Gasteiger partial charge in [-0.25, -0.2) is 0 Å². The van der Waals surface area contributed by atoms with Crippen molar-refractivity contribution < 1.29 is 14.1 Å². The number of pyridine rings is 1. The maximum Gasteiger partial charge on any atom is 0.433 e. The van der Waals surface area contributed by atoms with Crippen molar-refractivity contribution in [3.63, 3.8) is 0 Å². The van der Waals surface area contributed by atoms with Gasteiger partial charge in [-0.05, 0) is 18.2 Å². The molecule has 1 atom stereocenters. The van der Waals surface area contributed by atoms with Gasteiger partial charge in [-0.3, -0.25) is 20.2 Å². The Morgan fingerprint density at radius 2 is 2.23 bits per heavy atom. The monoisotopic (exact) mass is 350 g/mol. The minimum absolute atomic E-state index is 0.0771. The van der Waals surface area contributed by atoms with E-state index in [0.29, 0.717) is 16.8 Å². The Morgan fingerprint density at radius 1 is 1.38 bits per heavy atom. The molecule has 128 valence electrons. The van der Waals surface area contributed by atoms with Crippen LogP contribution in [0.3, 0.4) is 0 Å². The van der Waals surface area contributed by atoms with E-state index >= 15 is 0 Å². The molecular weight excluding hydrogens is 340 g/mol. The first-order valence-electron chi connectivity index (χ1n) is 7.40. The van der Waals surface area contributed by atoms with Crippen LogP contribution in [-0.4, -0.2) is 20.1 Å². The molecule has 0 bridgehead atoms.